The minimum absolute atomic E-state index is 0.629. The van der Waals surface area contributed by atoms with Crippen molar-refractivity contribution in [1.82, 2.24) is 5.32 Å². The molecule has 1 aliphatic rings. The van der Waals surface area contributed by atoms with Gasteiger partial charge in [0.05, 0.1) is 0 Å². The van der Waals surface area contributed by atoms with Gasteiger partial charge in [0, 0.05) is 6.04 Å². The summed E-state index contributed by atoms with van der Waals surface area (Å²) >= 11 is 0. The highest BCUT2D eigenvalue weighted by atomic mass is 14.9. The first-order chi connectivity index (χ1) is 9.60. The number of nitrogens with one attached hydrogen (secondary N) is 1. The molecule has 2 rings (SSSR count). The minimum Gasteiger partial charge on any atom is -0.316 e. The lowest BCUT2D eigenvalue weighted by Crippen LogP contribution is -2.37. The number of hydrogen-bond donors (Lipinski definition) is 1. The van der Waals surface area contributed by atoms with Crippen molar-refractivity contribution >= 4 is 0 Å². The van der Waals surface area contributed by atoms with Crippen LogP contribution in [0.5, 0.6) is 0 Å². The molecule has 1 fully saturated rings. The van der Waals surface area contributed by atoms with Crippen molar-refractivity contribution in [3.05, 3.63) is 35.4 Å². The van der Waals surface area contributed by atoms with Gasteiger partial charge in [-0.3, -0.25) is 0 Å². The normalized spacial score (nSPS) is 24.9. The van der Waals surface area contributed by atoms with Crippen LogP contribution in [0, 0.1) is 11.8 Å². The predicted molar refractivity (Wildman–Crippen MR) is 88.2 cm³/mol. The third-order valence-electron chi connectivity index (χ3n) is 5.10. The van der Waals surface area contributed by atoms with E-state index in [1.54, 1.807) is 0 Å². The van der Waals surface area contributed by atoms with Crippen LogP contribution in [0.4, 0.5) is 0 Å². The molecule has 0 heterocycles. The van der Waals surface area contributed by atoms with E-state index < -0.39 is 0 Å². The van der Waals surface area contributed by atoms with Crippen molar-refractivity contribution < 1.29 is 0 Å². The zero-order valence-corrected chi connectivity index (χ0v) is 13.7. The van der Waals surface area contributed by atoms with Crippen LogP contribution in [-0.4, -0.2) is 13.1 Å². The van der Waals surface area contributed by atoms with E-state index in [2.05, 4.69) is 57.4 Å². The Balaban J connectivity index is 1.95. The summed E-state index contributed by atoms with van der Waals surface area (Å²) in [6.45, 7) is 6.92. The third-order valence-corrected chi connectivity index (χ3v) is 5.10. The fraction of sp³-hybridized carbons (Fsp3) is 0.684. The van der Waals surface area contributed by atoms with Crippen LogP contribution in [0.3, 0.4) is 0 Å². The molecule has 0 bridgehead atoms. The monoisotopic (exact) mass is 273 g/mol. The second-order valence-electron chi connectivity index (χ2n) is 7.02. The average Bonchev–Trinajstić information content (AvgIpc) is 2.46. The summed E-state index contributed by atoms with van der Waals surface area (Å²) in [4.78, 5) is 0. The van der Waals surface area contributed by atoms with Crippen LogP contribution < -0.4 is 5.32 Å². The molecule has 0 aromatic heterocycles. The molecule has 0 aliphatic heterocycles. The van der Waals surface area contributed by atoms with Crippen LogP contribution in [0.1, 0.15) is 63.5 Å². The van der Waals surface area contributed by atoms with Crippen molar-refractivity contribution in [1.29, 1.82) is 0 Å². The molecule has 0 radical (unpaired) electrons. The summed E-state index contributed by atoms with van der Waals surface area (Å²) in [6, 6.07) is 9.90. The van der Waals surface area contributed by atoms with Crippen molar-refractivity contribution in [3.8, 4) is 0 Å². The molecule has 1 atom stereocenters. The zero-order valence-electron chi connectivity index (χ0n) is 13.7. The van der Waals surface area contributed by atoms with Gasteiger partial charge in [0.15, 0.2) is 0 Å². The molecule has 0 amide bonds. The quantitative estimate of drug-likeness (QED) is 0.815. The van der Waals surface area contributed by atoms with Gasteiger partial charge in [0.1, 0.15) is 0 Å². The number of benzene rings is 1. The number of rotatable bonds is 5. The van der Waals surface area contributed by atoms with Crippen molar-refractivity contribution in [2.45, 2.75) is 64.8 Å². The van der Waals surface area contributed by atoms with Crippen LogP contribution in [-0.2, 0) is 6.42 Å². The maximum atomic E-state index is 3.57. The Morgan fingerprint density at radius 1 is 1.05 bits per heavy atom. The van der Waals surface area contributed by atoms with Crippen molar-refractivity contribution in [2.24, 2.45) is 11.8 Å². The van der Waals surface area contributed by atoms with Gasteiger partial charge in [0.2, 0.25) is 0 Å². The Kier molecular flexibility index (Phi) is 5.65. The molecular formula is C19H31N. The van der Waals surface area contributed by atoms with Gasteiger partial charge in [-0.15, -0.1) is 0 Å². The van der Waals surface area contributed by atoms with Crippen molar-refractivity contribution in [2.75, 3.05) is 7.05 Å². The molecule has 1 unspecified atom stereocenters. The van der Waals surface area contributed by atoms with Crippen LogP contribution in [0.2, 0.25) is 0 Å². The molecule has 1 aromatic rings. The summed E-state index contributed by atoms with van der Waals surface area (Å²) in [5.74, 6) is 2.43. The molecule has 0 saturated heterocycles. The summed E-state index contributed by atoms with van der Waals surface area (Å²) in [7, 11) is 2.13. The minimum atomic E-state index is 0.629. The van der Waals surface area contributed by atoms with Gasteiger partial charge in [-0.1, -0.05) is 57.9 Å². The van der Waals surface area contributed by atoms with E-state index >= 15 is 0 Å². The van der Waals surface area contributed by atoms with E-state index in [0.717, 1.165) is 11.8 Å². The highest BCUT2D eigenvalue weighted by Gasteiger charge is 2.25. The summed E-state index contributed by atoms with van der Waals surface area (Å²) in [6.07, 6.45) is 6.80. The van der Waals surface area contributed by atoms with Gasteiger partial charge in [0.25, 0.3) is 0 Å². The van der Waals surface area contributed by atoms with E-state index in [9.17, 15) is 0 Å². The summed E-state index contributed by atoms with van der Waals surface area (Å²) in [5, 5.41) is 3.57. The van der Waals surface area contributed by atoms with E-state index in [4.69, 9.17) is 0 Å². The molecule has 1 nitrogen and oxygen atoms in total. The smallest absolute Gasteiger partial charge is 0.0133 e. The fourth-order valence-electron chi connectivity index (χ4n) is 3.49. The first kappa shape index (κ1) is 15.6. The Morgan fingerprint density at radius 3 is 2.15 bits per heavy atom. The zero-order chi connectivity index (χ0) is 14.5. The Bertz CT molecular complexity index is 385. The van der Waals surface area contributed by atoms with Gasteiger partial charge < -0.3 is 5.32 Å². The van der Waals surface area contributed by atoms with Gasteiger partial charge >= 0.3 is 0 Å². The van der Waals surface area contributed by atoms with Crippen LogP contribution in [0.25, 0.3) is 0 Å². The molecule has 1 N–H and O–H groups in total. The standard InChI is InChI=1S/C19H31N/c1-14(2)17-11-7-16(8-12-17)13-19(20-4)18-9-5-15(3)6-10-18/h7-8,11-12,14-15,18-20H,5-6,9-10,13H2,1-4H3. The Hall–Kier alpha value is -0.820. The fourth-order valence-corrected chi connectivity index (χ4v) is 3.49. The second-order valence-corrected chi connectivity index (χ2v) is 7.02. The van der Waals surface area contributed by atoms with Gasteiger partial charge in [-0.25, -0.2) is 0 Å². The Labute approximate surface area is 125 Å². The van der Waals surface area contributed by atoms with E-state index in [1.807, 2.05) is 0 Å². The van der Waals surface area contributed by atoms with Crippen LogP contribution >= 0.6 is 0 Å². The Morgan fingerprint density at radius 2 is 1.65 bits per heavy atom. The molecular weight excluding hydrogens is 242 g/mol. The third kappa shape index (κ3) is 4.09. The SMILES string of the molecule is CNC(Cc1ccc(C(C)C)cc1)C1CCC(C)CC1. The molecule has 1 aliphatic carbocycles. The first-order valence-electron chi connectivity index (χ1n) is 8.36. The van der Waals surface area contributed by atoms with E-state index in [1.165, 1.54) is 43.2 Å². The predicted octanol–water partition coefficient (Wildman–Crippen LogP) is 4.77. The van der Waals surface area contributed by atoms with Gasteiger partial charge in [-0.05, 0) is 55.2 Å². The molecule has 1 heteroatoms. The molecule has 20 heavy (non-hydrogen) atoms. The highest BCUT2D eigenvalue weighted by Crippen LogP contribution is 2.31. The van der Waals surface area contributed by atoms with E-state index in [-0.39, 0.29) is 0 Å². The maximum Gasteiger partial charge on any atom is 0.0133 e. The average molecular weight is 273 g/mol. The summed E-state index contributed by atoms with van der Waals surface area (Å²) < 4.78 is 0. The molecule has 0 spiro atoms. The summed E-state index contributed by atoms with van der Waals surface area (Å²) in [5.41, 5.74) is 2.92. The van der Waals surface area contributed by atoms with E-state index in [0.29, 0.717) is 12.0 Å². The van der Waals surface area contributed by atoms with Crippen LogP contribution in [0.15, 0.2) is 24.3 Å². The van der Waals surface area contributed by atoms with Crippen molar-refractivity contribution in [3.63, 3.8) is 0 Å². The highest BCUT2D eigenvalue weighted by molar-refractivity contribution is 5.25. The molecule has 1 saturated carbocycles. The number of hydrogen-bond acceptors (Lipinski definition) is 1. The largest absolute Gasteiger partial charge is 0.316 e. The lowest BCUT2D eigenvalue weighted by Gasteiger charge is -2.32. The molecule has 1 aromatic carbocycles. The topological polar surface area (TPSA) is 12.0 Å². The first-order valence-corrected chi connectivity index (χ1v) is 8.36. The lowest BCUT2D eigenvalue weighted by atomic mass is 9.77. The number of likely N-dealkylation sites (N-methyl/N-ethyl adjacent to an activating group) is 1. The molecule has 112 valence electrons. The maximum absolute atomic E-state index is 3.57. The second kappa shape index (κ2) is 7.26. The lowest BCUT2D eigenvalue weighted by molar-refractivity contribution is 0.235. The van der Waals surface area contributed by atoms with Gasteiger partial charge in [-0.2, -0.15) is 0 Å².